The second kappa shape index (κ2) is 54.8. The van der Waals surface area contributed by atoms with Crippen LogP contribution >= 0.6 is 7.82 Å². The first-order valence-corrected chi connectivity index (χ1v) is 32.8. The molecule has 0 rings (SSSR count). The summed E-state index contributed by atoms with van der Waals surface area (Å²) in [7, 11) is 1.48. The van der Waals surface area contributed by atoms with Crippen LogP contribution in [0.2, 0.25) is 0 Å². The van der Waals surface area contributed by atoms with Crippen LogP contribution in [0.1, 0.15) is 278 Å². The van der Waals surface area contributed by atoms with E-state index in [0.717, 1.165) is 103 Å². The molecular weight excluding hydrogens is 952 g/mol. The number of ether oxygens (including phenoxy) is 1. The highest BCUT2D eigenvalue weighted by Gasteiger charge is 2.30. The van der Waals surface area contributed by atoms with Gasteiger partial charge in [-0.1, -0.05) is 235 Å². The number of phosphoric acid groups is 1. The number of nitrogens with zero attached hydrogens (tertiary/aromatic N) is 1. The van der Waals surface area contributed by atoms with Crippen molar-refractivity contribution in [1.82, 2.24) is 5.32 Å². The van der Waals surface area contributed by atoms with Gasteiger partial charge in [-0.05, 0) is 102 Å². The van der Waals surface area contributed by atoms with E-state index in [1.54, 1.807) is 0 Å². The van der Waals surface area contributed by atoms with Crippen molar-refractivity contribution in [3.8, 4) is 0 Å². The Morgan fingerprint density at radius 1 is 0.467 bits per heavy atom. The third-order valence-corrected chi connectivity index (χ3v) is 14.6. The lowest BCUT2D eigenvalue weighted by Crippen LogP contribution is -2.47. The summed E-state index contributed by atoms with van der Waals surface area (Å²) in [5.41, 5.74) is 0. The van der Waals surface area contributed by atoms with Gasteiger partial charge >= 0.3 is 13.8 Å². The molecule has 0 aliphatic carbocycles. The molecule has 0 fully saturated rings. The number of allylic oxidation sites excluding steroid dienone is 11. The lowest BCUT2D eigenvalue weighted by Gasteiger charge is -2.27. The van der Waals surface area contributed by atoms with Gasteiger partial charge in [0.05, 0.1) is 33.8 Å². The van der Waals surface area contributed by atoms with E-state index >= 15 is 0 Å². The van der Waals surface area contributed by atoms with Crippen LogP contribution in [0, 0.1) is 0 Å². The molecule has 0 aromatic heterocycles. The van der Waals surface area contributed by atoms with Gasteiger partial charge in [-0.25, -0.2) is 4.57 Å². The van der Waals surface area contributed by atoms with Crippen molar-refractivity contribution in [1.29, 1.82) is 0 Å². The van der Waals surface area contributed by atoms with Gasteiger partial charge in [0, 0.05) is 12.8 Å². The monoisotopic (exact) mass is 1070 g/mol. The van der Waals surface area contributed by atoms with Crippen LogP contribution in [0.25, 0.3) is 0 Å². The zero-order chi connectivity index (χ0) is 55.0. The number of likely N-dealkylation sites (N-methyl/N-ethyl adjacent to an activating group) is 1. The second-order valence-electron chi connectivity index (χ2n) is 22.2. The number of hydrogen-bond acceptors (Lipinski definition) is 6. The molecule has 436 valence electrons. The summed E-state index contributed by atoms with van der Waals surface area (Å²) < 4.78 is 30.7. The van der Waals surface area contributed by atoms with Crippen molar-refractivity contribution in [2.24, 2.45) is 0 Å². The summed E-state index contributed by atoms with van der Waals surface area (Å²) in [6.45, 7) is 6.96. The standard InChI is InChI=1S/C65H119N2O7P/c1-7-10-13-16-19-22-25-28-30-32-33-35-37-40-43-46-49-52-55-58-65(69)74-63(56-53-50-47-44-41-38-27-24-21-18-15-12-9-3)62(61-73-75(70,71)72-60-59-67(4,5)6)66-64(68)57-54-51-48-45-42-39-36-34-31-29-26-23-20-17-14-11-8-2/h19-20,22-23,28-31,33,35,53,56,62-63H,7-18,21,24-27,32,34,36-52,54-55,57-61H2,1-6H3,(H-,66,68,70,71)/p+1/b22-19-,23-20-,30-28-,31-29-,35-33-,56-53+. The van der Waals surface area contributed by atoms with E-state index in [4.69, 9.17) is 13.8 Å². The summed E-state index contributed by atoms with van der Waals surface area (Å²) in [6, 6.07) is -0.860. The fourth-order valence-electron chi connectivity index (χ4n) is 8.74. The van der Waals surface area contributed by atoms with E-state index in [1.807, 2.05) is 33.3 Å². The first-order valence-electron chi connectivity index (χ1n) is 31.3. The molecule has 0 heterocycles. The Bertz CT molecular complexity index is 1510. The molecule has 0 aliphatic rings. The molecule has 3 unspecified atom stereocenters. The van der Waals surface area contributed by atoms with Gasteiger partial charge in [0.1, 0.15) is 19.3 Å². The summed E-state index contributed by atoms with van der Waals surface area (Å²) in [6.07, 6.45) is 70.3. The van der Waals surface area contributed by atoms with Crippen LogP contribution in [0.3, 0.4) is 0 Å². The smallest absolute Gasteiger partial charge is 0.456 e. The Hall–Kier alpha value is -2.55. The fourth-order valence-corrected chi connectivity index (χ4v) is 9.48. The number of amides is 1. The number of unbranched alkanes of at least 4 members (excludes halogenated alkanes) is 30. The van der Waals surface area contributed by atoms with Gasteiger partial charge < -0.3 is 19.4 Å². The van der Waals surface area contributed by atoms with Crippen molar-refractivity contribution in [2.45, 2.75) is 290 Å². The van der Waals surface area contributed by atoms with Gasteiger partial charge in [-0.15, -0.1) is 0 Å². The molecule has 0 spiro atoms. The first-order chi connectivity index (χ1) is 36.4. The molecule has 0 aromatic rings. The lowest BCUT2D eigenvalue weighted by molar-refractivity contribution is -0.870. The second-order valence-corrected chi connectivity index (χ2v) is 23.7. The molecule has 1 amide bonds. The average molecular weight is 1070 g/mol. The molecular formula is C65H120N2O7P+. The molecule has 0 radical (unpaired) electrons. The summed E-state index contributed by atoms with van der Waals surface area (Å²) in [5, 5.41) is 3.05. The number of hydrogen-bond donors (Lipinski definition) is 2. The molecule has 0 aromatic carbocycles. The number of nitrogens with one attached hydrogen (secondary N) is 1. The van der Waals surface area contributed by atoms with Gasteiger partial charge in [-0.3, -0.25) is 18.6 Å². The first kappa shape index (κ1) is 72.5. The normalized spacial score (nSPS) is 14.2. The van der Waals surface area contributed by atoms with E-state index < -0.39 is 20.0 Å². The molecule has 75 heavy (non-hydrogen) atoms. The third-order valence-electron chi connectivity index (χ3n) is 13.6. The zero-order valence-corrected chi connectivity index (χ0v) is 50.7. The maximum Gasteiger partial charge on any atom is 0.472 e. The SMILES string of the molecule is CCCCC/C=C\C/C=C\C/C=C\CCCCCCCCC(=O)OC(/C=C/CCCCCCCCCCCCC)C(COP(=O)(O)OCC[N+](C)(C)C)NC(=O)CCCCCCCCC/C=C\C/C=C\CCCCC. The van der Waals surface area contributed by atoms with Crippen molar-refractivity contribution < 1.29 is 37.3 Å². The van der Waals surface area contributed by atoms with Crippen LogP contribution in [0.5, 0.6) is 0 Å². The third kappa shape index (κ3) is 56.0. The predicted molar refractivity (Wildman–Crippen MR) is 323 cm³/mol. The van der Waals surface area contributed by atoms with Crippen molar-refractivity contribution >= 4 is 19.7 Å². The van der Waals surface area contributed by atoms with E-state index in [-0.39, 0.29) is 31.5 Å². The van der Waals surface area contributed by atoms with Gasteiger partial charge in [0.25, 0.3) is 0 Å². The van der Waals surface area contributed by atoms with Crippen molar-refractivity contribution in [2.75, 3.05) is 40.9 Å². The highest BCUT2D eigenvalue weighted by molar-refractivity contribution is 7.47. The van der Waals surface area contributed by atoms with Crippen LogP contribution in [-0.2, 0) is 27.9 Å². The van der Waals surface area contributed by atoms with E-state index in [1.165, 1.54) is 141 Å². The number of quaternary nitrogens is 1. The number of phosphoric ester groups is 1. The van der Waals surface area contributed by atoms with Crippen LogP contribution in [0.15, 0.2) is 72.9 Å². The zero-order valence-electron chi connectivity index (χ0n) is 49.8. The minimum absolute atomic E-state index is 0.0341. The summed E-state index contributed by atoms with van der Waals surface area (Å²) in [4.78, 5) is 37.7. The summed E-state index contributed by atoms with van der Waals surface area (Å²) >= 11 is 0. The molecule has 0 saturated carbocycles. The molecule has 9 nitrogen and oxygen atoms in total. The average Bonchev–Trinajstić information content (AvgIpc) is 3.37. The summed E-state index contributed by atoms with van der Waals surface area (Å²) in [5.74, 6) is -0.526. The Balaban J connectivity index is 5.33. The molecule has 2 N–H and O–H groups in total. The largest absolute Gasteiger partial charge is 0.472 e. The minimum atomic E-state index is -4.46. The molecule has 10 heteroatoms. The Kier molecular flexibility index (Phi) is 52.9. The van der Waals surface area contributed by atoms with E-state index in [2.05, 4.69) is 86.8 Å². The topological polar surface area (TPSA) is 111 Å². The number of rotatable bonds is 56. The lowest BCUT2D eigenvalue weighted by atomic mass is 10.0. The number of esters is 1. The quantitative estimate of drug-likeness (QED) is 0.0205. The van der Waals surface area contributed by atoms with E-state index in [0.29, 0.717) is 17.4 Å². The molecule has 0 bridgehead atoms. The molecule has 3 atom stereocenters. The van der Waals surface area contributed by atoms with Crippen LogP contribution in [0.4, 0.5) is 0 Å². The fraction of sp³-hybridized carbons (Fsp3) is 0.785. The Morgan fingerprint density at radius 2 is 0.813 bits per heavy atom. The maximum absolute atomic E-state index is 13.5. The van der Waals surface area contributed by atoms with Gasteiger partial charge in [-0.2, -0.15) is 0 Å². The highest BCUT2D eigenvalue weighted by Crippen LogP contribution is 2.43. The molecule has 0 aliphatic heterocycles. The van der Waals surface area contributed by atoms with Gasteiger partial charge in [0.2, 0.25) is 5.91 Å². The maximum atomic E-state index is 13.5. The van der Waals surface area contributed by atoms with Crippen LogP contribution < -0.4 is 5.32 Å². The Labute approximate surface area is 463 Å². The number of carbonyl (C=O) groups is 2. The van der Waals surface area contributed by atoms with Crippen molar-refractivity contribution in [3.63, 3.8) is 0 Å². The van der Waals surface area contributed by atoms with Gasteiger partial charge in [0.15, 0.2) is 0 Å². The number of carbonyl (C=O) groups excluding carboxylic acids is 2. The van der Waals surface area contributed by atoms with Crippen molar-refractivity contribution in [3.05, 3.63) is 72.9 Å². The minimum Gasteiger partial charge on any atom is -0.456 e. The predicted octanol–water partition coefficient (Wildman–Crippen LogP) is 19.2. The highest BCUT2D eigenvalue weighted by atomic mass is 31.2. The molecule has 0 saturated heterocycles. The van der Waals surface area contributed by atoms with Crippen LogP contribution in [-0.4, -0.2) is 74.3 Å². The van der Waals surface area contributed by atoms with E-state index in [9.17, 15) is 19.0 Å². The Morgan fingerprint density at radius 3 is 1.24 bits per heavy atom.